The van der Waals surface area contributed by atoms with E-state index in [1.54, 1.807) is 12.3 Å². The Morgan fingerprint density at radius 3 is 2.68 bits per heavy atom. The molecule has 0 fully saturated rings. The average Bonchev–Trinajstić information content (AvgIpc) is 3.60. The third-order valence-electron chi connectivity index (χ3n) is 7.03. The van der Waals surface area contributed by atoms with E-state index in [1.165, 1.54) is 17.2 Å². The van der Waals surface area contributed by atoms with E-state index in [-0.39, 0.29) is 11.6 Å². The number of rotatable bonds is 8. The molecule has 186 valence electrons. The van der Waals surface area contributed by atoms with Crippen LogP contribution in [0, 0.1) is 0 Å². The first kappa shape index (κ1) is 23.3. The van der Waals surface area contributed by atoms with E-state index in [4.69, 9.17) is 9.15 Å². The summed E-state index contributed by atoms with van der Waals surface area (Å²) in [6.45, 7) is 0.794. The van der Waals surface area contributed by atoms with Crippen LogP contribution >= 0.6 is 0 Å². The number of benzene rings is 3. The smallest absolute Gasteiger partial charge is 0.248 e. The van der Waals surface area contributed by atoms with Crippen molar-refractivity contribution < 1.29 is 14.3 Å². The van der Waals surface area contributed by atoms with Crippen LogP contribution in [0.4, 0.5) is 0 Å². The second kappa shape index (κ2) is 10.1. The van der Waals surface area contributed by atoms with Gasteiger partial charge in [-0.1, -0.05) is 48.5 Å². The van der Waals surface area contributed by atoms with Crippen molar-refractivity contribution in [1.82, 2.24) is 10.3 Å². The van der Waals surface area contributed by atoms with Gasteiger partial charge in [0.05, 0.1) is 17.9 Å². The Labute approximate surface area is 214 Å². The van der Waals surface area contributed by atoms with Gasteiger partial charge in [-0.05, 0) is 65.4 Å². The topological polar surface area (TPSA) is 87.5 Å². The number of hydrogen-bond donors (Lipinski definition) is 3. The van der Waals surface area contributed by atoms with Crippen LogP contribution in [0.25, 0.3) is 22.2 Å². The molecule has 0 bridgehead atoms. The summed E-state index contributed by atoms with van der Waals surface area (Å²) in [5.41, 5.74) is 5.89. The van der Waals surface area contributed by atoms with Gasteiger partial charge in [-0.2, -0.15) is 0 Å². The SMILES string of the molecule is O=c1ccc2c([C@@H](O)CN[C@H]3Cc4ccc(-c5ccco5)cc4C3)ccc(OCc3ccccc3)c2[nH]1. The highest BCUT2D eigenvalue weighted by Crippen LogP contribution is 2.31. The van der Waals surface area contributed by atoms with Gasteiger partial charge in [0.25, 0.3) is 0 Å². The number of aliphatic hydroxyl groups is 1. The second-order valence-electron chi connectivity index (χ2n) is 9.53. The highest BCUT2D eigenvalue weighted by molar-refractivity contribution is 5.87. The average molecular weight is 493 g/mol. The van der Waals surface area contributed by atoms with Crippen LogP contribution < -0.4 is 15.6 Å². The van der Waals surface area contributed by atoms with Gasteiger partial charge in [0, 0.05) is 29.6 Å². The van der Waals surface area contributed by atoms with Crippen molar-refractivity contribution in [2.75, 3.05) is 6.54 Å². The Kier molecular flexibility index (Phi) is 6.35. The highest BCUT2D eigenvalue weighted by Gasteiger charge is 2.23. The maximum atomic E-state index is 12.1. The Morgan fingerprint density at radius 1 is 0.973 bits per heavy atom. The summed E-state index contributed by atoms with van der Waals surface area (Å²) in [4.78, 5) is 15.0. The summed E-state index contributed by atoms with van der Waals surface area (Å²) in [5.74, 6) is 1.45. The van der Waals surface area contributed by atoms with Crippen molar-refractivity contribution in [1.29, 1.82) is 0 Å². The van der Waals surface area contributed by atoms with E-state index >= 15 is 0 Å². The van der Waals surface area contributed by atoms with E-state index in [9.17, 15) is 9.90 Å². The van der Waals surface area contributed by atoms with E-state index in [1.807, 2.05) is 54.6 Å². The Bertz CT molecular complexity index is 1570. The van der Waals surface area contributed by atoms with Gasteiger partial charge in [-0.15, -0.1) is 0 Å². The van der Waals surface area contributed by atoms with Gasteiger partial charge < -0.3 is 24.6 Å². The predicted octanol–water partition coefficient (Wildman–Crippen LogP) is 5.16. The number of pyridine rings is 1. The summed E-state index contributed by atoms with van der Waals surface area (Å²) >= 11 is 0. The zero-order valence-corrected chi connectivity index (χ0v) is 20.3. The van der Waals surface area contributed by atoms with Crippen molar-refractivity contribution >= 4 is 10.9 Å². The largest absolute Gasteiger partial charge is 0.487 e. The number of aromatic amines is 1. The number of ether oxygens (including phenoxy) is 1. The summed E-state index contributed by atoms with van der Waals surface area (Å²) in [7, 11) is 0. The summed E-state index contributed by atoms with van der Waals surface area (Å²) in [6.07, 6.45) is 2.77. The van der Waals surface area contributed by atoms with Crippen LogP contribution in [0.2, 0.25) is 0 Å². The molecule has 6 rings (SSSR count). The molecule has 0 aliphatic heterocycles. The molecule has 2 aromatic heterocycles. The van der Waals surface area contributed by atoms with Crippen LogP contribution in [-0.4, -0.2) is 22.7 Å². The summed E-state index contributed by atoms with van der Waals surface area (Å²) in [5, 5.41) is 15.4. The van der Waals surface area contributed by atoms with Crippen molar-refractivity contribution in [2.45, 2.75) is 31.6 Å². The molecule has 1 aliphatic rings. The van der Waals surface area contributed by atoms with E-state index in [0.29, 0.717) is 24.4 Å². The molecule has 0 spiro atoms. The van der Waals surface area contributed by atoms with Crippen LogP contribution in [-0.2, 0) is 19.4 Å². The van der Waals surface area contributed by atoms with E-state index in [2.05, 4.69) is 28.5 Å². The fourth-order valence-corrected chi connectivity index (χ4v) is 5.14. The Balaban J connectivity index is 1.15. The minimum Gasteiger partial charge on any atom is -0.487 e. The summed E-state index contributed by atoms with van der Waals surface area (Å²) in [6, 6.07) is 27.4. The van der Waals surface area contributed by atoms with Crippen molar-refractivity contribution in [3.05, 3.63) is 124 Å². The number of nitrogens with one attached hydrogen (secondary N) is 2. The molecule has 3 N–H and O–H groups in total. The molecule has 6 heteroatoms. The van der Waals surface area contributed by atoms with Gasteiger partial charge in [-0.25, -0.2) is 0 Å². The number of aliphatic hydroxyl groups excluding tert-OH is 1. The molecule has 37 heavy (non-hydrogen) atoms. The molecule has 0 unspecified atom stereocenters. The molecule has 6 nitrogen and oxygen atoms in total. The van der Waals surface area contributed by atoms with Crippen molar-refractivity contribution in [3.8, 4) is 17.1 Å². The summed E-state index contributed by atoms with van der Waals surface area (Å²) < 4.78 is 11.6. The molecule has 0 saturated carbocycles. The number of hydrogen-bond acceptors (Lipinski definition) is 5. The lowest BCUT2D eigenvalue weighted by Crippen LogP contribution is -2.33. The van der Waals surface area contributed by atoms with Crippen LogP contribution in [0.3, 0.4) is 0 Å². The first-order chi connectivity index (χ1) is 18.1. The number of aromatic nitrogens is 1. The normalized spacial score (nSPS) is 15.5. The molecule has 5 aromatic rings. The minimum absolute atomic E-state index is 0.209. The lowest BCUT2D eigenvalue weighted by atomic mass is 10.0. The van der Waals surface area contributed by atoms with Gasteiger partial charge in [0.15, 0.2) is 0 Å². The molecule has 2 heterocycles. The molecular formula is C31H28N2O4. The first-order valence-electron chi connectivity index (χ1n) is 12.5. The van der Waals surface area contributed by atoms with Crippen LogP contribution in [0.15, 0.2) is 100 Å². The van der Waals surface area contributed by atoms with Gasteiger partial charge >= 0.3 is 0 Å². The van der Waals surface area contributed by atoms with E-state index in [0.717, 1.165) is 40.7 Å². The van der Waals surface area contributed by atoms with Crippen molar-refractivity contribution in [2.24, 2.45) is 0 Å². The Hall–Kier alpha value is -4.13. The highest BCUT2D eigenvalue weighted by atomic mass is 16.5. The number of fused-ring (bicyclic) bond motifs is 2. The zero-order valence-electron chi connectivity index (χ0n) is 20.3. The maximum Gasteiger partial charge on any atom is 0.248 e. The second-order valence-corrected chi connectivity index (χ2v) is 9.53. The molecule has 0 radical (unpaired) electrons. The molecule has 2 atom stereocenters. The molecule has 0 saturated heterocycles. The monoisotopic (exact) mass is 492 g/mol. The fourth-order valence-electron chi connectivity index (χ4n) is 5.14. The predicted molar refractivity (Wildman–Crippen MR) is 144 cm³/mol. The van der Waals surface area contributed by atoms with Gasteiger partial charge in [-0.3, -0.25) is 4.79 Å². The molecule has 3 aromatic carbocycles. The lowest BCUT2D eigenvalue weighted by Gasteiger charge is -2.19. The number of H-pyrrole nitrogens is 1. The van der Waals surface area contributed by atoms with Crippen LogP contribution in [0.5, 0.6) is 5.75 Å². The van der Waals surface area contributed by atoms with Crippen LogP contribution in [0.1, 0.15) is 28.4 Å². The third kappa shape index (κ3) is 4.94. The number of furan rings is 1. The van der Waals surface area contributed by atoms with Gasteiger partial charge in [0.1, 0.15) is 18.1 Å². The standard InChI is InChI=1S/C31H28N2O4/c34-27(18-32-24-16-21-8-9-22(15-23(21)17-24)28-7-4-14-36-28)25-10-12-29(31-26(25)11-13-30(35)33-31)37-19-20-5-2-1-3-6-20/h1-15,24,27,32,34H,16-19H2,(H,33,35)/t24-,27-/m0/s1. The molecule has 0 amide bonds. The lowest BCUT2D eigenvalue weighted by molar-refractivity contribution is 0.171. The van der Waals surface area contributed by atoms with Gasteiger partial charge in [0.2, 0.25) is 5.56 Å². The van der Waals surface area contributed by atoms with E-state index < -0.39 is 6.10 Å². The third-order valence-corrected chi connectivity index (χ3v) is 7.03. The molecular weight excluding hydrogens is 464 g/mol. The first-order valence-corrected chi connectivity index (χ1v) is 12.5. The van der Waals surface area contributed by atoms with Crippen molar-refractivity contribution in [3.63, 3.8) is 0 Å². The quantitative estimate of drug-likeness (QED) is 0.279. The minimum atomic E-state index is -0.737. The Morgan fingerprint density at radius 2 is 1.84 bits per heavy atom. The zero-order chi connectivity index (χ0) is 25.2. The fraction of sp³-hybridized carbons (Fsp3) is 0.194. The molecule has 1 aliphatic carbocycles. The maximum absolute atomic E-state index is 12.1.